The second kappa shape index (κ2) is 3.54. The molecule has 0 spiro atoms. The van der Waals surface area contributed by atoms with Gasteiger partial charge in [0.05, 0.1) is 12.7 Å². The van der Waals surface area contributed by atoms with Crippen molar-refractivity contribution < 1.29 is 19.3 Å². The molecule has 1 N–H and O–H groups in total. The van der Waals surface area contributed by atoms with Gasteiger partial charge >= 0.3 is 0 Å². The number of nitriles is 1. The van der Waals surface area contributed by atoms with Gasteiger partial charge in [0.1, 0.15) is 12.2 Å². The number of fused-ring (bicyclic) bond motifs is 1. The first-order valence-corrected chi connectivity index (χ1v) is 5.16. The zero-order chi connectivity index (χ0) is 12.0. The van der Waals surface area contributed by atoms with Crippen LogP contribution < -0.4 is 0 Å². The molecule has 0 radical (unpaired) electrons. The summed E-state index contributed by atoms with van der Waals surface area (Å²) in [7, 11) is 0. The molecule has 2 heterocycles. The summed E-state index contributed by atoms with van der Waals surface area (Å²) in [6.45, 7) is 7.37. The fourth-order valence-corrected chi connectivity index (χ4v) is 2.15. The van der Waals surface area contributed by atoms with E-state index in [0.717, 1.165) is 0 Å². The van der Waals surface area contributed by atoms with E-state index in [1.54, 1.807) is 13.8 Å². The molecule has 2 aliphatic rings. The molecule has 16 heavy (non-hydrogen) atoms. The Hall–Kier alpha value is -0.930. The van der Waals surface area contributed by atoms with Crippen LogP contribution in [0.4, 0.5) is 0 Å². The van der Waals surface area contributed by atoms with Crippen LogP contribution in [0.5, 0.6) is 0 Å². The van der Waals surface area contributed by atoms with Gasteiger partial charge in [-0.15, -0.1) is 0 Å². The van der Waals surface area contributed by atoms with Crippen molar-refractivity contribution in [1.29, 1.82) is 5.26 Å². The lowest BCUT2D eigenvalue weighted by atomic mass is 10.0. The first kappa shape index (κ1) is 11.6. The second-order valence-corrected chi connectivity index (χ2v) is 4.64. The van der Waals surface area contributed by atoms with Crippen LogP contribution in [-0.4, -0.2) is 35.5 Å². The molecule has 2 aliphatic heterocycles. The van der Waals surface area contributed by atoms with Crippen molar-refractivity contribution in [3.63, 3.8) is 0 Å². The summed E-state index contributed by atoms with van der Waals surface area (Å²) < 4.78 is 16.4. The van der Waals surface area contributed by atoms with E-state index in [1.165, 1.54) is 0 Å². The van der Waals surface area contributed by atoms with Crippen molar-refractivity contribution in [2.45, 2.75) is 44.1 Å². The van der Waals surface area contributed by atoms with E-state index in [-0.39, 0.29) is 24.7 Å². The highest BCUT2D eigenvalue weighted by atomic mass is 16.8. The van der Waals surface area contributed by atoms with Gasteiger partial charge in [0, 0.05) is 12.0 Å². The fraction of sp³-hybridized carbons (Fsp3) is 0.727. The lowest BCUT2D eigenvalue weighted by Gasteiger charge is -2.28. The summed E-state index contributed by atoms with van der Waals surface area (Å²) in [5, 5.41) is 18.9. The molecule has 5 heteroatoms. The number of ether oxygens (including phenoxy) is 3. The van der Waals surface area contributed by atoms with Crippen molar-refractivity contribution in [3.8, 4) is 6.07 Å². The molecule has 5 nitrogen and oxygen atoms in total. The van der Waals surface area contributed by atoms with Crippen molar-refractivity contribution in [3.05, 3.63) is 12.2 Å². The minimum atomic E-state index is -1.49. The number of hydrogen-bond acceptors (Lipinski definition) is 5. The van der Waals surface area contributed by atoms with Gasteiger partial charge in [0.15, 0.2) is 11.6 Å². The average Bonchev–Trinajstić information content (AvgIpc) is 2.63. The maximum Gasteiger partial charge on any atom is 0.199 e. The lowest BCUT2D eigenvalue weighted by Crippen LogP contribution is -2.43. The quantitative estimate of drug-likeness (QED) is 0.700. The summed E-state index contributed by atoms with van der Waals surface area (Å²) in [5.74, 6) is -2.22. The highest BCUT2D eigenvalue weighted by molar-refractivity contribution is 5.19. The highest BCUT2D eigenvalue weighted by Gasteiger charge is 2.58. The predicted molar refractivity (Wildman–Crippen MR) is 54.1 cm³/mol. The third-order valence-corrected chi connectivity index (χ3v) is 2.75. The minimum Gasteiger partial charge on any atom is -0.363 e. The van der Waals surface area contributed by atoms with Gasteiger partial charge in [-0.3, -0.25) is 0 Å². The SMILES string of the molecule is C=C(C#N)CC1(O)OC[C@H]2OC(C)(C)O[C@H]21. The largest absolute Gasteiger partial charge is 0.363 e. The molecule has 0 amide bonds. The molecule has 2 rings (SSSR count). The van der Waals surface area contributed by atoms with Crippen LogP contribution in [0.3, 0.4) is 0 Å². The maximum atomic E-state index is 10.3. The molecular formula is C11H15NO4. The standard InChI is InChI=1S/C11H15NO4/c1-7(5-12)4-11(13)9-8(6-14-11)15-10(2,3)16-9/h8-9,13H,1,4,6H2,2-3H3/t8-,9-,11?/m1/s1. The van der Waals surface area contributed by atoms with Crippen LogP contribution >= 0.6 is 0 Å². The number of aliphatic hydroxyl groups is 1. The fourth-order valence-electron chi connectivity index (χ4n) is 2.15. The number of nitrogens with zero attached hydrogens (tertiary/aromatic N) is 1. The summed E-state index contributed by atoms with van der Waals surface area (Å²) in [4.78, 5) is 0. The summed E-state index contributed by atoms with van der Waals surface area (Å²) >= 11 is 0. The molecule has 0 aromatic carbocycles. The lowest BCUT2D eigenvalue weighted by molar-refractivity contribution is -0.258. The third-order valence-electron chi connectivity index (χ3n) is 2.75. The van der Waals surface area contributed by atoms with Gasteiger partial charge in [-0.1, -0.05) is 6.58 Å². The third kappa shape index (κ3) is 1.85. The van der Waals surface area contributed by atoms with E-state index < -0.39 is 17.7 Å². The Morgan fingerprint density at radius 1 is 1.56 bits per heavy atom. The molecule has 2 fully saturated rings. The van der Waals surface area contributed by atoms with Gasteiger partial charge in [-0.25, -0.2) is 0 Å². The van der Waals surface area contributed by atoms with Crippen molar-refractivity contribution >= 4 is 0 Å². The first-order chi connectivity index (χ1) is 7.36. The average molecular weight is 225 g/mol. The van der Waals surface area contributed by atoms with Crippen LogP contribution in [0.2, 0.25) is 0 Å². The van der Waals surface area contributed by atoms with Gasteiger partial charge in [0.2, 0.25) is 0 Å². The Bertz CT molecular complexity index is 359. The predicted octanol–water partition coefficient (Wildman–Crippen LogP) is 0.695. The second-order valence-electron chi connectivity index (χ2n) is 4.64. The Kier molecular flexibility index (Phi) is 2.55. The molecule has 0 aromatic heterocycles. The highest BCUT2D eigenvalue weighted by Crippen LogP contribution is 2.41. The van der Waals surface area contributed by atoms with E-state index in [1.807, 2.05) is 6.07 Å². The first-order valence-electron chi connectivity index (χ1n) is 5.16. The van der Waals surface area contributed by atoms with E-state index in [4.69, 9.17) is 19.5 Å². The molecule has 1 unspecified atom stereocenters. The molecular weight excluding hydrogens is 210 g/mol. The van der Waals surface area contributed by atoms with Crippen LogP contribution in [-0.2, 0) is 14.2 Å². The number of rotatable bonds is 2. The molecule has 0 saturated carbocycles. The van der Waals surface area contributed by atoms with Gasteiger partial charge in [0.25, 0.3) is 0 Å². The summed E-state index contributed by atoms with van der Waals surface area (Å²) in [6.07, 6.45) is -0.802. The Balaban J connectivity index is 2.13. The van der Waals surface area contributed by atoms with E-state index >= 15 is 0 Å². The van der Waals surface area contributed by atoms with Gasteiger partial charge in [-0.2, -0.15) is 5.26 Å². The Labute approximate surface area is 94.2 Å². The zero-order valence-electron chi connectivity index (χ0n) is 9.40. The topological polar surface area (TPSA) is 71.7 Å². The Morgan fingerprint density at radius 2 is 2.25 bits per heavy atom. The van der Waals surface area contributed by atoms with E-state index in [2.05, 4.69) is 6.58 Å². The van der Waals surface area contributed by atoms with Crippen molar-refractivity contribution in [1.82, 2.24) is 0 Å². The van der Waals surface area contributed by atoms with Gasteiger partial charge < -0.3 is 19.3 Å². The molecule has 3 atom stereocenters. The molecule has 0 bridgehead atoms. The van der Waals surface area contributed by atoms with E-state index in [0.29, 0.717) is 0 Å². The maximum absolute atomic E-state index is 10.3. The van der Waals surface area contributed by atoms with Crippen LogP contribution in [0.25, 0.3) is 0 Å². The van der Waals surface area contributed by atoms with Crippen LogP contribution in [0, 0.1) is 11.3 Å². The Morgan fingerprint density at radius 3 is 2.88 bits per heavy atom. The molecule has 2 saturated heterocycles. The minimum absolute atomic E-state index is 0.0457. The molecule has 0 aromatic rings. The van der Waals surface area contributed by atoms with Crippen LogP contribution in [0.15, 0.2) is 12.2 Å². The summed E-state index contributed by atoms with van der Waals surface area (Å²) in [5.41, 5.74) is 0.261. The van der Waals surface area contributed by atoms with Gasteiger partial charge in [-0.05, 0) is 13.8 Å². The molecule has 88 valence electrons. The van der Waals surface area contributed by atoms with Crippen molar-refractivity contribution in [2.24, 2.45) is 0 Å². The van der Waals surface area contributed by atoms with E-state index in [9.17, 15) is 5.11 Å². The number of hydrogen-bond donors (Lipinski definition) is 1. The summed E-state index contributed by atoms with van der Waals surface area (Å²) in [6, 6.07) is 1.89. The normalized spacial score (nSPS) is 40.4. The van der Waals surface area contributed by atoms with Crippen molar-refractivity contribution in [2.75, 3.05) is 6.61 Å². The zero-order valence-corrected chi connectivity index (χ0v) is 9.40. The monoisotopic (exact) mass is 225 g/mol. The molecule has 0 aliphatic carbocycles. The van der Waals surface area contributed by atoms with Crippen LogP contribution in [0.1, 0.15) is 20.3 Å². The smallest absolute Gasteiger partial charge is 0.199 e.